The quantitative estimate of drug-likeness (QED) is 0.722. The minimum absolute atomic E-state index is 0.0915. The zero-order valence-corrected chi connectivity index (χ0v) is 15.7. The first-order chi connectivity index (χ1) is 13.4. The van der Waals surface area contributed by atoms with Crippen LogP contribution in [0.4, 0.5) is 14.5 Å². The average molecular weight is 383 g/mol. The van der Waals surface area contributed by atoms with Crippen molar-refractivity contribution in [3.05, 3.63) is 71.3 Å². The molecular weight excluding hydrogens is 364 g/mol. The molecule has 0 fully saturated rings. The van der Waals surface area contributed by atoms with E-state index in [-0.39, 0.29) is 17.2 Å². The van der Waals surface area contributed by atoms with Crippen LogP contribution in [0.5, 0.6) is 0 Å². The molecule has 3 aromatic rings. The van der Waals surface area contributed by atoms with Crippen molar-refractivity contribution < 1.29 is 18.3 Å². The Kier molecular flexibility index (Phi) is 4.37. The number of nitrogens with zero attached hydrogens (tertiary/aromatic N) is 2. The van der Waals surface area contributed by atoms with Crippen molar-refractivity contribution in [3.63, 3.8) is 0 Å². The van der Waals surface area contributed by atoms with Gasteiger partial charge < -0.3 is 9.72 Å². The second kappa shape index (κ2) is 6.74. The van der Waals surface area contributed by atoms with Gasteiger partial charge in [0.25, 0.3) is 5.91 Å². The van der Waals surface area contributed by atoms with Crippen molar-refractivity contribution in [3.8, 4) is 0 Å². The van der Waals surface area contributed by atoms with E-state index in [2.05, 4.69) is 9.97 Å². The summed E-state index contributed by atoms with van der Waals surface area (Å²) in [5.74, 6) is -2.27. The molecule has 0 saturated heterocycles. The van der Waals surface area contributed by atoms with E-state index < -0.39 is 23.6 Å². The Morgan fingerprint density at radius 1 is 1.21 bits per heavy atom. The number of carbonyl (C=O) groups excluding carboxylic acids is 1. The standard InChI is InChI=1S/C21H19F2N3O2/c1-11(2)17-19(13-5-4-6-14(22)18(13)23)26(21(27)20(17)28-3)12-7-8-15-16(9-12)25-10-24-15/h4-11,19H,1-3H3,(H,24,25). The van der Waals surface area contributed by atoms with Gasteiger partial charge in [-0.2, -0.15) is 0 Å². The first-order valence-corrected chi connectivity index (χ1v) is 8.92. The highest BCUT2D eigenvalue weighted by Crippen LogP contribution is 2.45. The first kappa shape index (κ1) is 18.2. The zero-order valence-electron chi connectivity index (χ0n) is 15.7. The van der Waals surface area contributed by atoms with Crippen LogP contribution in [-0.4, -0.2) is 23.0 Å². The number of hydrogen-bond donors (Lipinski definition) is 1. The number of imidazole rings is 1. The highest BCUT2D eigenvalue weighted by Gasteiger charge is 2.44. The Morgan fingerprint density at radius 2 is 2.00 bits per heavy atom. The molecule has 1 amide bonds. The van der Waals surface area contributed by atoms with Crippen LogP contribution in [0.15, 0.2) is 54.1 Å². The van der Waals surface area contributed by atoms with E-state index in [0.29, 0.717) is 11.3 Å². The van der Waals surface area contributed by atoms with Gasteiger partial charge in [-0.3, -0.25) is 9.69 Å². The Hall–Kier alpha value is -3.22. The fourth-order valence-corrected chi connectivity index (χ4v) is 3.77. The van der Waals surface area contributed by atoms with Gasteiger partial charge in [-0.15, -0.1) is 0 Å². The number of rotatable bonds is 4. The lowest BCUT2D eigenvalue weighted by Crippen LogP contribution is -2.31. The van der Waals surface area contributed by atoms with E-state index in [1.165, 1.54) is 24.1 Å². The molecule has 7 heteroatoms. The number of fused-ring (bicyclic) bond motifs is 1. The molecule has 144 valence electrons. The second-order valence-electron chi connectivity index (χ2n) is 6.97. The van der Waals surface area contributed by atoms with Crippen molar-refractivity contribution in [2.45, 2.75) is 19.9 Å². The van der Waals surface area contributed by atoms with Crippen LogP contribution in [0.25, 0.3) is 11.0 Å². The van der Waals surface area contributed by atoms with Crippen LogP contribution in [0.1, 0.15) is 25.5 Å². The lowest BCUT2D eigenvalue weighted by molar-refractivity contribution is -0.117. The number of ether oxygens (including phenoxy) is 1. The van der Waals surface area contributed by atoms with Crippen LogP contribution < -0.4 is 4.90 Å². The van der Waals surface area contributed by atoms with Crippen molar-refractivity contribution in [2.75, 3.05) is 12.0 Å². The number of anilines is 1. The summed E-state index contributed by atoms with van der Waals surface area (Å²) >= 11 is 0. The number of carbonyl (C=O) groups is 1. The maximum absolute atomic E-state index is 14.7. The first-order valence-electron chi connectivity index (χ1n) is 8.92. The highest BCUT2D eigenvalue weighted by atomic mass is 19.2. The van der Waals surface area contributed by atoms with E-state index in [1.807, 2.05) is 13.8 Å². The lowest BCUT2D eigenvalue weighted by atomic mass is 9.90. The van der Waals surface area contributed by atoms with E-state index in [9.17, 15) is 13.6 Å². The van der Waals surface area contributed by atoms with Gasteiger partial charge in [-0.1, -0.05) is 26.0 Å². The van der Waals surface area contributed by atoms with Gasteiger partial charge in [0.05, 0.1) is 30.5 Å². The van der Waals surface area contributed by atoms with Gasteiger partial charge in [0.2, 0.25) is 0 Å². The molecule has 0 radical (unpaired) electrons. The number of benzene rings is 2. The Bertz CT molecular complexity index is 1100. The number of hydrogen-bond acceptors (Lipinski definition) is 3. The molecule has 1 aliphatic heterocycles. The number of methoxy groups -OCH3 is 1. The van der Waals surface area contributed by atoms with Gasteiger partial charge >= 0.3 is 0 Å². The highest BCUT2D eigenvalue weighted by molar-refractivity contribution is 6.09. The van der Waals surface area contributed by atoms with Crippen LogP contribution in [-0.2, 0) is 9.53 Å². The van der Waals surface area contributed by atoms with Crippen molar-refractivity contribution in [1.29, 1.82) is 0 Å². The van der Waals surface area contributed by atoms with Gasteiger partial charge in [-0.25, -0.2) is 13.8 Å². The predicted molar refractivity (Wildman–Crippen MR) is 102 cm³/mol. The summed E-state index contributed by atoms with van der Waals surface area (Å²) in [4.78, 5) is 21.8. The SMILES string of the molecule is COC1=C(C(C)C)C(c2cccc(F)c2F)N(c2ccc3nc[nH]c3c2)C1=O. The topological polar surface area (TPSA) is 58.2 Å². The van der Waals surface area contributed by atoms with Crippen LogP contribution in [0.2, 0.25) is 0 Å². The number of nitrogens with one attached hydrogen (secondary N) is 1. The summed E-state index contributed by atoms with van der Waals surface area (Å²) in [6.07, 6.45) is 1.56. The number of aromatic nitrogens is 2. The molecule has 1 aliphatic rings. The molecule has 1 aromatic heterocycles. The summed E-state index contributed by atoms with van der Waals surface area (Å²) < 4.78 is 34.1. The Balaban J connectivity index is 1.95. The molecular formula is C21H19F2N3O2. The van der Waals surface area contributed by atoms with Crippen molar-refractivity contribution >= 4 is 22.6 Å². The monoisotopic (exact) mass is 383 g/mol. The minimum atomic E-state index is -0.969. The van der Waals surface area contributed by atoms with Gasteiger partial charge in [0.1, 0.15) is 0 Å². The number of amides is 1. The maximum Gasteiger partial charge on any atom is 0.294 e. The molecule has 0 saturated carbocycles. The summed E-state index contributed by atoms with van der Waals surface area (Å²) in [7, 11) is 1.41. The summed E-state index contributed by atoms with van der Waals surface area (Å²) in [5.41, 5.74) is 2.73. The molecule has 0 spiro atoms. The largest absolute Gasteiger partial charge is 0.491 e. The lowest BCUT2D eigenvalue weighted by Gasteiger charge is -2.28. The summed E-state index contributed by atoms with van der Waals surface area (Å²) in [6.45, 7) is 3.79. The van der Waals surface area contributed by atoms with Gasteiger partial charge in [-0.05, 0) is 30.2 Å². The molecule has 0 bridgehead atoms. The third-order valence-corrected chi connectivity index (χ3v) is 5.01. The normalized spacial score (nSPS) is 17.3. The van der Waals surface area contributed by atoms with Crippen LogP contribution >= 0.6 is 0 Å². The number of halogens is 2. The molecule has 4 rings (SSSR count). The average Bonchev–Trinajstić information content (AvgIpc) is 3.25. The zero-order chi connectivity index (χ0) is 20.0. The van der Waals surface area contributed by atoms with Crippen molar-refractivity contribution in [1.82, 2.24) is 9.97 Å². The maximum atomic E-state index is 14.7. The molecule has 28 heavy (non-hydrogen) atoms. The fourth-order valence-electron chi connectivity index (χ4n) is 3.77. The number of H-pyrrole nitrogens is 1. The molecule has 0 aliphatic carbocycles. The Morgan fingerprint density at radius 3 is 2.71 bits per heavy atom. The van der Waals surface area contributed by atoms with Crippen LogP contribution in [0, 0.1) is 17.6 Å². The summed E-state index contributed by atoms with van der Waals surface area (Å²) in [6, 6.07) is 8.47. The van der Waals surface area contributed by atoms with E-state index in [1.54, 1.807) is 24.5 Å². The summed E-state index contributed by atoms with van der Waals surface area (Å²) in [5, 5.41) is 0. The van der Waals surface area contributed by atoms with E-state index in [0.717, 1.165) is 17.1 Å². The smallest absolute Gasteiger partial charge is 0.294 e. The van der Waals surface area contributed by atoms with E-state index >= 15 is 0 Å². The van der Waals surface area contributed by atoms with Gasteiger partial charge in [0, 0.05) is 16.8 Å². The molecule has 1 N–H and O–H groups in total. The third-order valence-electron chi connectivity index (χ3n) is 5.01. The minimum Gasteiger partial charge on any atom is -0.491 e. The second-order valence-corrected chi connectivity index (χ2v) is 6.97. The molecule has 2 aromatic carbocycles. The van der Waals surface area contributed by atoms with Gasteiger partial charge in [0.15, 0.2) is 17.4 Å². The third kappa shape index (κ3) is 2.66. The predicted octanol–water partition coefficient (Wildman–Crippen LogP) is 4.49. The molecule has 2 heterocycles. The van der Waals surface area contributed by atoms with E-state index in [4.69, 9.17) is 4.74 Å². The Labute approximate surface area is 160 Å². The van der Waals surface area contributed by atoms with Crippen LogP contribution in [0.3, 0.4) is 0 Å². The molecule has 1 unspecified atom stereocenters. The fraction of sp³-hybridized carbons (Fsp3) is 0.238. The molecule has 5 nitrogen and oxygen atoms in total. The number of aromatic amines is 1. The molecule has 1 atom stereocenters. The van der Waals surface area contributed by atoms with Crippen molar-refractivity contribution in [2.24, 2.45) is 5.92 Å².